The minimum absolute atomic E-state index is 0.0155. The van der Waals surface area contributed by atoms with E-state index in [2.05, 4.69) is 15.3 Å². The molecule has 2 aromatic rings. The van der Waals surface area contributed by atoms with E-state index in [1.165, 1.54) is 12.1 Å². The highest BCUT2D eigenvalue weighted by Gasteiger charge is 2.28. The van der Waals surface area contributed by atoms with Crippen LogP contribution < -0.4 is 5.32 Å². The Labute approximate surface area is 151 Å². The maximum Gasteiger partial charge on any atom is 0.224 e. The number of thioether (sulfide) groups is 1. The van der Waals surface area contributed by atoms with Crippen molar-refractivity contribution in [2.45, 2.75) is 18.5 Å². The summed E-state index contributed by atoms with van der Waals surface area (Å²) in [4.78, 5) is 23.1. The van der Waals surface area contributed by atoms with Crippen LogP contribution in [0.1, 0.15) is 23.9 Å². The summed E-state index contributed by atoms with van der Waals surface area (Å²) in [5.41, 5.74) is 0.787. The molecule has 25 heavy (non-hydrogen) atoms. The number of hydrogen-bond donors (Lipinski definition) is 1. The normalized spacial score (nSPS) is 18.6. The van der Waals surface area contributed by atoms with Crippen molar-refractivity contribution in [3.05, 3.63) is 59.9 Å². The summed E-state index contributed by atoms with van der Waals surface area (Å²) in [7, 11) is 1.75. The Bertz CT molecular complexity index is 692. The second kappa shape index (κ2) is 8.40. The summed E-state index contributed by atoms with van der Waals surface area (Å²) in [6.45, 7) is 0.926. The highest BCUT2D eigenvalue weighted by molar-refractivity contribution is 7.99. The molecular weight excluding hydrogens is 339 g/mol. The molecule has 7 heteroatoms. The van der Waals surface area contributed by atoms with E-state index in [-0.39, 0.29) is 17.8 Å². The molecule has 3 rings (SSSR count). The van der Waals surface area contributed by atoms with E-state index >= 15 is 0 Å². The first kappa shape index (κ1) is 17.8. The van der Waals surface area contributed by atoms with Crippen LogP contribution in [0, 0.1) is 5.82 Å². The SMILES string of the molecule is CN(C(=O)C[C@H]1CSCCN1)[C@H](c1ccc(F)cc1)c1ncccn1. The van der Waals surface area contributed by atoms with E-state index in [0.29, 0.717) is 12.2 Å². The Morgan fingerprint density at radius 1 is 1.36 bits per heavy atom. The first-order valence-electron chi connectivity index (χ1n) is 8.24. The van der Waals surface area contributed by atoms with Crippen LogP contribution in [0.2, 0.25) is 0 Å². The molecule has 1 aliphatic rings. The van der Waals surface area contributed by atoms with E-state index in [0.717, 1.165) is 23.6 Å². The van der Waals surface area contributed by atoms with Crippen LogP contribution in [0.3, 0.4) is 0 Å². The Kier molecular flexibility index (Phi) is 5.99. The average Bonchev–Trinajstić information content (AvgIpc) is 2.65. The second-order valence-electron chi connectivity index (χ2n) is 6.00. The van der Waals surface area contributed by atoms with Gasteiger partial charge in [0.2, 0.25) is 5.91 Å². The van der Waals surface area contributed by atoms with Gasteiger partial charge in [-0.2, -0.15) is 11.8 Å². The number of amides is 1. The van der Waals surface area contributed by atoms with Gasteiger partial charge in [-0.15, -0.1) is 0 Å². The lowest BCUT2D eigenvalue weighted by atomic mass is 10.0. The predicted octanol–water partition coefficient (Wildman–Crippen LogP) is 2.26. The minimum Gasteiger partial charge on any atom is -0.331 e. The van der Waals surface area contributed by atoms with Gasteiger partial charge in [0.15, 0.2) is 5.82 Å². The summed E-state index contributed by atoms with van der Waals surface area (Å²) in [5.74, 6) is 2.24. The van der Waals surface area contributed by atoms with Gasteiger partial charge in [0.05, 0.1) is 0 Å². The Morgan fingerprint density at radius 2 is 2.08 bits per heavy atom. The summed E-state index contributed by atoms with van der Waals surface area (Å²) in [5, 5.41) is 3.38. The smallest absolute Gasteiger partial charge is 0.224 e. The van der Waals surface area contributed by atoms with Gasteiger partial charge in [0.25, 0.3) is 0 Å². The van der Waals surface area contributed by atoms with Crippen LogP contribution in [0.15, 0.2) is 42.7 Å². The number of nitrogens with one attached hydrogen (secondary N) is 1. The van der Waals surface area contributed by atoms with E-state index in [1.807, 2.05) is 11.8 Å². The number of carbonyl (C=O) groups is 1. The molecule has 1 amide bonds. The fraction of sp³-hybridized carbons (Fsp3) is 0.389. The maximum atomic E-state index is 13.3. The van der Waals surface area contributed by atoms with Crippen LogP contribution >= 0.6 is 11.8 Å². The van der Waals surface area contributed by atoms with Crippen LogP contribution in [-0.2, 0) is 4.79 Å². The molecule has 5 nitrogen and oxygen atoms in total. The van der Waals surface area contributed by atoms with Crippen molar-refractivity contribution in [3.63, 3.8) is 0 Å². The quantitative estimate of drug-likeness (QED) is 0.886. The monoisotopic (exact) mass is 360 g/mol. The van der Waals surface area contributed by atoms with E-state index in [9.17, 15) is 9.18 Å². The summed E-state index contributed by atoms with van der Waals surface area (Å²) < 4.78 is 13.3. The van der Waals surface area contributed by atoms with Gasteiger partial charge in [-0.1, -0.05) is 12.1 Å². The first-order chi connectivity index (χ1) is 12.1. The molecule has 1 saturated heterocycles. The van der Waals surface area contributed by atoms with E-state index < -0.39 is 6.04 Å². The highest BCUT2D eigenvalue weighted by atomic mass is 32.2. The number of carbonyl (C=O) groups excluding carboxylic acids is 1. The van der Waals surface area contributed by atoms with Crippen LogP contribution in [-0.4, -0.2) is 51.9 Å². The molecule has 132 valence electrons. The first-order valence-corrected chi connectivity index (χ1v) is 9.40. The topological polar surface area (TPSA) is 58.1 Å². The predicted molar refractivity (Wildman–Crippen MR) is 96.8 cm³/mol. The van der Waals surface area contributed by atoms with E-state index in [1.54, 1.807) is 42.5 Å². The molecule has 2 heterocycles. The number of rotatable bonds is 5. The van der Waals surface area contributed by atoms with Crippen molar-refractivity contribution in [3.8, 4) is 0 Å². The van der Waals surface area contributed by atoms with Gasteiger partial charge in [0, 0.05) is 50.0 Å². The number of aromatic nitrogens is 2. The van der Waals surface area contributed by atoms with Crippen molar-refractivity contribution >= 4 is 17.7 Å². The fourth-order valence-electron chi connectivity index (χ4n) is 2.89. The molecule has 1 N–H and O–H groups in total. The molecule has 0 spiro atoms. The average molecular weight is 360 g/mol. The Hall–Kier alpha value is -1.99. The minimum atomic E-state index is -0.439. The summed E-state index contributed by atoms with van der Waals surface area (Å²) >= 11 is 1.86. The van der Waals surface area contributed by atoms with Crippen molar-refractivity contribution in [1.29, 1.82) is 0 Å². The largest absolute Gasteiger partial charge is 0.331 e. The van der Waals surface area contributed by atoms with Gasteiger partial charge in [-0.25, -0.2) is 14.4 Å². The third kappa shape index (κ3) is 4.55. The van der Waals surface area contributed by atoms with Crippen LogP contribution in [0.25, 0.3) is 0 Å². The molecule has 2 atom stereocenters. The summed E-state index contributed by atoms with van der Waals surface area (Å²) in [6, 6.07) is 7.61. The van der Waals surface area contributed by atoms with Crippen LogP contribution in [0.5, 0.6) is 0 Å². The number of hydrogen-bond acceptors (Lipinski definition) is 5. The summed E-state index contributed by atoms with van der Waals surface area (Å²) in [6.07, 6.45) is 3.72. The van der Waals surface area contributed by atoms with Crippen LogP contribution in [0.4, 0.5) is 4.39 Å². The zero-order valence-electron chi connectivity index (χ0n) is 14.1. The van der Waals surface area contributed by atoms with Crippen molar-refractivity contribution in [2.24, 2.45) is 0 Å². The highest BCUT2D eigenvalue weighted by Crippen LogP contribution is 2.26. The van der Waals surface area contributed by atoms with Gasteiger partial charge in [0.1, 0.15) is 11.9 Å². The van der Waals surface area contributed by atoms with Gasteiger partial charge in [-0.3, -0.25) is 4.79 Å². The molecule has 1 fully saturated rings. The lowest BCUT2D eigenvalue weighted by Gasteiger charge is -2.30. The molecule has 1 aromatic carbocycles. The third-order valence-electron chi connectivity index (χ3n) is 4.22. The standard InChI is InChI=1S/C18H21FN4OS/c1-23(16(24)11-15-12-25-10-9-20-15)17(18-21-7-2-8-22-18)13-3-5-14(19)6-4-13/h2-8,15,17,20H,9-12H2,1H3/t15-,17+/m0/s1. The Balaban J connectivity index is 1.82. The van der Waals surface area contributed by atoms with E-state index in [4.69, 9.17) is 0 Å². The third-order valence-corrected chi connectivity index (χ3v) is 5.35. The lowest BCUT2D eigenvalue weighted by molar-refractivity contribution is -0.132. The molecule has 0 radical (unpaired) electrons. The molecule has 0 saturated carbocycles. The van der Waals surface area contributed by atoms with Crippen molar-refractivity contribution < 1.29 is 9.18 Å². The fourth-order valence-corrected chi connectivity index (χ4v) is 3.84. The van der Waals surface area contributed by atoms with Crippen molar-refractivity contribution in [1.82, 2.24) is 20.2 Å². The zero-order valence-corrected chi connectivity index (χ0v) is 14.9. The molecular formula is C18H21FN4OS. The molecule has 1 aromatic heterocycles. The molecule has 0 bridgehead atoms. The number of nitrogens with zero attached hydrogens (tertiary/aromatic N) is 3. The maximum absolute atomic E-state index is 13.3. The molecule has 1 aliphatic heterocycles. The second-order valence-corrected chi connectivity index (χ2v) is 7.15. The van der Waals surface area contributed by atoms with Crippen molar-refractivity contribution in [2.75, 3.05) is 25.1 Å². The Morgan fingerprint density at radius 3 is 2.72 bits per heavy atom. The van der Waals surface area contributed by atoms with Gasteiger partial charge < -0.3 is 10.2 Å². The van der Waals surface area contributed by atoms with Gasteiger partial charge >= 0.3 is 0 Å². The van der Waals surface area contributed by atoms with Gasteiger partial charge in [-0.05, 0) is 23.8 Å². The number of benzene rings is 1. The zero-order chi connectivity index (χ0) is 17.6. The molecule has 0 unspecified atom stereocenters. The molecule has 0 aliphatic carbocycles. The lowest BCUT2D eigenvalue weighted by Crippen LogP contribution is -2.42. The number of halogens is 1.